The van der Waals surface area contributed by atoms with Gasteiger partial charge in [0.1, 0.15) is 17.2 Å². The number of para-hydroxylation sites is 1. The second-order valence-corrected chi connectivity index (χ2v) is 4.68. The fourth-order valence-electron chi connectivity index (χ4n) is 2.22. The smallest absolute Gasteiger partial charge is 0.122 e. The Kier molecular flexibility index (Phi) is 5.06. The third-order valence-corrected chi connectivity index (χ3v) is 3.36. The first-order chi connectivity index (χ1) is 10.2. The number of methoxy groups -OCH3 is 3. The van der Waals surface area contributed by atoms with E-state index in [1.54, 1.807) is 27.4 Å². The molecule has 1 N–H and O–H groups in total. The average Bonchev–Trinajstić information content (AvgIpc) is 2.54. The van der Waals surface area contributed by atoms with E-state index in [9.17, 15) is 5.11 Å². The molecule has 0 spiro atoms. The monoisotopic (exact) mass is 288 g/mol. The number of ether oxygens (including phenoxy) is 3. The maximum Gasteiger partial charge on any atom is 0.122 e. The molecule has 0 bridgehead atoms. The van der Waals surface area contributed by atoms with Crippen LogP contribution in [0, 0.1) is 0 Å². The van der Waals surface area contributed by atoms with Gasteiger partial charge in [0, 0.05) is 12.5 Å². The molecule has 112 valence electrons. The molecule has 2 aromatic rings. The minimum Gasteiger partial charge on any atom is -0.497 e. The van der Waals surface area contributed by atoms with Crippen molar-refractivity contribution in [3.05, 3.63) is 53.6 Å². The van der Waals surface area contributed by atoms with Gasteiger partial charge < -0.3 is 19.3 Å². The van der Waals surface area contributed by atoms with Gasteiger partial charge in [-0.3, -0.25) is 0 Å². The zero-order chi connectivity index (χ0) is 15.2. The first kappa shape index (κ1) is 15.2. The summed E-state index contributed by atoms with van der Waals surface area (Å²) >= 11 is 0. The third kappa shape index (κ3) is 3.67. The van der Waals surface area contributed by atoms with Crippen LogP contribution in [0.3, 0.4) is 0 Å². The predicted octanol–water partition coefficient (Wildman–Crippen LogP) is 2.99. The molecule has 0 saturated heterocycles. The highest BCUT2D eigenvalue weighted by Gasteiger charge is 2.14. The van der Waals surface area contributed by atoms with Gasteiger partial charge in [0.15, 0.2) is 0 Å². The Balaban J connectivity index is 2.25. The van der Waals surface area contributed by atoms with Crippen LogP contribution in [-0.4, -0.2) is 26.4 Å². The summed E-state index contributed by atoms with van der Waals surface area (Å²) in [5.41, 5.74) is 1.70. The van der Waals surface area contributed by atoms with Gasteiger partial charge in [0.2, 0.25) is 0 Å². The Bertz CT molecular complexity index is 573. The molecule has 1 atom stereocenters. The molecular formula is C17H20O4. The molecular weight excluding hydrogens is 268 g/mol. The number of hydrogen-bond donors (Lipinski definition) is 1. The Morgan fingerprint density at radius 3 is 2.10 bits per heavy atom. The molecule has 21 heavy (non-hydrogen) atoms. The Morgan fingerprint density at radius 2 is 1.52 bits per heavy atom. The standard InChI is InChI=1S/C17H20O4/c1-19-14-8-13(9-15(11-14)20-2)16(18)10-12-6-4-5-7-17(12)21-3/h4-9,11,16,18H,10H2,1-3H3. The molecule has 4 heteroatoms. The van der Waals surface area contributed by atoms with Crippen molar-refractivity contribution in [1.82, 2.24) is 0 Å². The van der Waals surface area contributed by atoms with E-state index in [1.807, 2.05) is 36.4 Å². The lowest BCUT2D eigenvalue weighted by Gasteiger charge is -2.15. The van der Waals surface area contributed by atoms with Crippen molar-refractivity contribution >= 4 is 0 Å². The second kappa shape index (κ2) is 6.99. The maximum absolute atomic E-state index is 10.5. The minimum atomic E-state index is -0.662. The lowest BCUT2D eigenvalue weighted by atomic mass is 10.0. The number of hydrogen-bond acceptors (Lipinski definition) is 4. The quantitative estimate of drug-likeness (QED) is 0.887. The summed E-state index contributed by atoms with van der Waals surface area (Å²) < 4.78 is 15.8. The van der Waals surface area contributed by atoms with E-state index in [4.69, 9.17) is 14.2 Å². The van der Waals surface area contributed by atoms with E-state index in [1.165, 1.54) is 0 Å². The van der Waals surface area contributed by atoms with Gasteiger partial charge in [-0.1, -0.05) is 18.2 Å². The highest BCUT2D eigenvalue weighted by molar-refractivity contribution is 5.41. The van der Waals surface area contributed by atoms with Gasteiger partial charge in [-0.05, 0) is 29.3 Å². The van der Waals surface area contributed by atoms with E-state index >= 15 is 0 Å². The molecule has 0 amide bonds. The summed E-state index contributed by atoms with van der Waals surface area (Å²) in [5, 5.41) is 10.5. The summed E-state index contributed by atoms with van der Waals surface area (Å²) in [6, 6.07) is 13.1. The van der Waals surface area contributed by atoms with Crippen LogP contribution >= 0.6 is 0 Å². The molecule has 0 saturated carbocycles. The molecule has 0 radical (unpaired) electrons. The van der Waals surface area contributed by atoms with Gasteiger partial charge in [-0.15, -0.1) is 0 Å². The van der Waals surface area contributed by atoms with E-state index in [-0.39, 0.29) is 0 Å². The molecule has 0 heterocycles. The fourth-order valence-corrected chi connectivity index (χ4v) is 2.22. The van der Waals surface area contributed by atoms with Crippen molar-refractivity contribution in [1.29, 1.82) is 0 Å². The largest absolute Gasteiger partial charge is 0.497 e. The normalized spacial score (nSPS) is 11.8. The van der Waals surface area contributed by atoms with Gasteiger partial charge in [-0.2, -0.15) is 0 Å². The summed E-state index contributed by atoms with van der Waals surface area (Å²) in [6.45, 7) is 0. The van der Waals surface area contributed by atoms with E-state index < -0.39 is 6.10 Å². The van der Waals surface area contributed by atoms with Gasteiger partial charge >= 0.3 is 0 Å². The van der Waals surface area contributed by atoms with Crippen LogP contribution in [0.5, 0.6) is 17.2 Å². The van der Waals surface area contributed by atoms with Crippen molar-refractivity contribution in [2.75, 3.05) is 21.3 Å². The van der Waals surface area contributed by atoms with Crippen LogP contribution < -0.4 is 14.2 Å². The fraction of sp³-hybridized carbons (Fsp3) is 0.294. The molecule has 0 aliphatic heterocycles. The molecule has 2 rings (SSSR count). The minimum absolute atomic E-state index is 0.459. The zero-order valence-corrected chi connectivity index (χ0v) is 12.5. The topological polar surface area (TPSA) is 47.9 Å². The molecule has 0 aliphatic rings. The summed E-state index contributed by atoms with van der Waals surface area (Å²) in [5.74, 6) is 2.08. The van der Waals surface area contributed by atoms with Crippen LogP contribution in [0.1, 0.15) is 17.2 Å². The number of aliphatic hydroxyl groups excluding tert-OH is 1. The van der Waals surface area contributed by atoms with E-state index in [0.717, 1.165) is 16.9 Å². The second-order valence-electron chi connectivity index (χ2n) is 4.68. The zero-order valence-electron chi connectivity index (χ0n) is 12.5. The number of aliphatic hydroxyl groups is 1. The summed E-state index contributed by atoms with van der Waals surface area (Å²) in [6.07, 6.45) is -0.203. The number of rotatable bonds is 6. The summed E-state index contributed by atoms with van der Waals surface area (Å²) in [4.78, 5) is 0. The third-order valence-electron chi connectivity index (χ3n) is 3.36. The molecule has 4 nitrogen and oxygen atoms in total. The van der Waals surface area contributed by atoms with Crippen molar-refractivity contribution in [2.45, 2.75) is 12.5 Å². The lowest BCUT2D eigenvalue weighted by Crippen LogP contribution is -2.04. The Morgan fingerprint density at radius 1 is 0.905 bits per heavy atom. The summed E-state index contributed by atoms with van der Waals surface area (Å²) in [7, 11) is 4.80. The van der Waals surface area contributed by atoms with Crippen LogP contribution in [0.4, 0.5) is 0 Å². The van der Waals surface area contributed by atoms with Crippen molar-refractivity contribution in [3.8, 4) is 17.2 Å². The average molecular weight is 288 g/mol. The van der Waals surface area contributed by atoms with Gasteiger partial charge in [-0.25, -0.2) is 0 Å². The highest BCUT2D eigenvalue weighted by Crippen LogP contribution is 2.30. The van der Waals surface area contributed by atoms with Crippen molar-refractivity contribution < 1.29 is 19.3 Å². The Labute approximate surface area is 124 Å². The van der Waals surface area contributed by atoms with Crippen LogP contribution in [0.2, 0.25) is 0 Å². The van der Waals surface area contributed by atoms with E-state index in [2.05, 4.69) is 0 Å². The molecule has 2 aromatic carbocycles. The molecule has 1 unspecified atom stereocenters. The van der Waals surface area contributed by atoms with E-state index in [0.29, 0.717) is 17.9 Å². The SMILES string of the molecule is COc1cc(OC)cc(C(O)Cc2ccccc2OC)c1. The first-order valence-corrected chi connectivity index (χ1v) is 6.71. The molecule has 0 aliphatic carbocycles. The van der Waals surface area contributed by atoms with Gasteiger partial charge in [0.25, 0.3) is 0 Å². The Hall–Kier alpha value is -2.20. The molecule has 0 aromatic heterocycles. The van der Waals surface area contributed by atoms with Gasteiger partial charge in [0.05, 0.1) is 27.4 Å². The number of benzene rings is 2. The van der Waals surface area contributed by atoms with Crippen LogP contribution in [0.25, 0.3) is 0 Å². The van der Waals surface area contributed by atoms with Crippen LogP contribution in [0.15, 0.2) is 42.5 Å². The van der Waals surface area contributed by atoms with Crippen molar-refractivity contribution in [2.24, 2.45) is 0 Å². The lowest BCUT2D eigenvalue weighted by molar-refractivity contribution is 0.176. The molecule has 0 fully saturated rings. The maximum atomic E-state index is 10.5. The predicted molar refractivity (Wildman–Crippen MR) is 81.2 cm³/mol. The highest BCUT2D eigenvalue weighted by atomic mass is 16.5. The first-order valence-electron chi connectivity index (χ1n) is 6.71. The van der Waals surface area contributed by atoms with Crippen molar-refractivity contribution in [3.63, 3.8) is 0 Å². The van der Waals surface area contributed by atoms with Crippen LogP contribution in [-0.2, 0) is 6.42 Å².